The Morgan fingerprint density at radius 3 is 2.88 bits per heavy atom. The molecule has 2 aromatic heterocycles. The Morgan fingerprint density at radius 1 is 1.50 bits per heavy atom. The molecule has 0 radical (unpaired) electrons. The van der Waals surface area contributed by atoms with Crippen LogP contribution in [0.5, 0.6) is 5.75 Å². The van der Waals surface area contributed by atoms with Gasteiger partial charge in [0.05, 0.1) is 7.11 Å². The van der Waals surface area contributed by atoms with Crippen molar-refractivity contribution in [2.45, 2.75) is 13.3 Å². The highest BCUT2D eigenvalue weighted by Crippen LogP contribution is 2.21. The van der Waals surface area contributed by atoms with Crippen molar-refractivity contribution in [3.8, 4) is 5.75 Å². The molecule has 0 bridgehead atoms. The minimum Gasteiger partial charge on any atom is -0.493 e. The summed E-state index contributed by atoms with van der Waals surface area (Å²) in [6.45, 7) is 1.96. The number of halogens is 1. The van der Waals surface area contributed by atoms with Crippen LogP contribution in [-0.4, -0.2) is 16.5 Å². The number of rotatable bonds is 2. The van der Waals surface area contributed by atoms with Gasteiger partial charge in [-0.05, 0) is 28.4 Å². The monoisotopic (exact) mass is 282 g/mol. The first-order valence-corrected chi connectivity index (χ1v) is 5.71. The van der Waals surface area contributed by atoms with Crippen molar-refractivity contribution in [1.29, 1.82) is 0 Å². The van der Waals surface area contributed by atoms with Crippen molar-refractivity contribution in [3.05, 3.63) is 38.9 Å². The maximum absolute atomic E-state index is 11.8. The first kappa shape index (κ1) is 11.1. The van der Waals surface area contributed by atoms with E-state index >= 15 is 0 Å². The second-order valence-electron chi connectivity index (χ2n) is 3.36. The topological polar surface area (TPSA) is 43.6 Å². The molecule has 2 heterocycles. The van der Waals surface area contributed by atoms with Crippen LogP contribution in [0.3, 0.4) is 0 Å². The number of aryl methyl sites for hydroxylation is 1. The Hall–Kier alpha value is -1.36. The van der Waals surface area contributed by atoms with E-state index in [4.69, 9.17) is 4.74 Å². The van der Waals surface area contributed by atoms with Gasteiger partial charge in [-0.15, -0.1) is 0 Å². The lowest BCUT2D eigenvalue weighted by Gasteiger charge is -2.07. The molecule has 0 aliphatic carbocycles. The van der Waals surface area contributed by atoms with Crippen LogP contribution in [0.15, 0.2) is 27.6 Å². The number of ether oxygens (including phenoxy) is 1. The van der Waals surface area contributed by atoms with Gasteiger partial charge in [-0.1, -0.05) is 6.92 Å². The van der Waals surface area contributed by atoms with E-state index in [1.165, 1.54) is 4.40 Å². The fourth-order valence-electron chi connectivity index (χ4n) is 1.52. The van der Waals surface area contributed by atoms with Crippen LogP contribution in [0.1, 0.15) is 12.6 Å². The van der Waals surface area contributed by atoms with Gasteiger partial charge in [-0.3, -0.25) is 9.20 Å². The minimum atomic E-state index is -0.0959. The predicted molar refractivity (Wildman–Crippen MR) is 65.1 cm³/mol. The number of pyridine rings is 1. The zero-order chi connectivity index (χ0) is 11.7. The van der Waals surface area contributed by atoms with Crippen LogP contribution in [-0.2, 0) is 6.42 Å². The molecular weight excluding hydrogens is 272 g/mol. The summed E-state index contributed by atoms with van der Waals surface area (Å²) < 4.78 is 7.47. The van der Waals surface area contributed by atoms with Gasteiger partial charge in [-0.25, -0.2) is 4.98 Å². The van der Waals surface area contributed by atoms with E-state index in [0.717, 1.165) is 16.6 Å². The molecule has 16 heavy (non-hydrogen) atoms. The fraction of sp³-hybridized carbons (Fsp3) is 0.273. The third-order valence-corrected chi connectivity index (χ3v) is 2.76. The van der Waals surface area contributed by atoms with Gasteiger partial charge in [0.2, 0.25) is 0 Å². The molecule has 84 valence electrons. The number of methoxy groups -OCH3 is 1. The molecule has 4 nitrogen and oxygen atoms in total. The average molecular weight is 283 g/mol. The molecule has 0 saturated heterocycles. The second kappa shape index (κ2) is 4.25. The van der Waals surface area contributed by atoms with Crippen LogP contribution in [0.2, 0.25) is 0 Å². The quantitative estimate of drug-likeness (QED) is 0.847. The molecule has 0 saturated carbocycles. The predicted octanol–water partition coefficient (Wildman–Crippen LogP) is 2.03. The first-order valence-electron chi connectivity index (χ1n) is 4.91. The largest absolute Gasteiger partial charge is 0.493 e. The molecule has 2 rings (SSSR count). The number of hydrogen-bond donors (Lipinski definition) is 0. The van der Waals surface area contributed by atoms with E-state index in [9.17, 15) is 4.79 Å². The zero-order valence-corrected chi connectivity index (χ0v) is 10.6. The van der Waals surface area contributed by atoms with Crippen LogP contribution < -0.4 is 10.3 Å². The van der Waals surface area contributed by atoms with Crippen molar-refractivity contribution in [2.24, 2.45) is 0 Å². The number of aromatic nitrogens is 2. The van der Waals surface area contributed by atoms with E-state index < -0.39 is 0 Å². The molecule has 0 aliphatic heterocycles. The summed E-state index contributed by atoms with van der Waals surface area (Å²) in [4.78, 5) is 16.2. The Kier molecular flexibility index (Phi) is 2.96. The summed E-state index contributed by atoms with van der Waals surface area (Å²) in [6.07, 6.45) is 2.41. The molecule has 0 fully saturated rings. The lowest BCUT2D eigenvalue weighted by atomic mass is 10.3. The van der Waals surface area contributed by atoms with Crippen molar-refractivity contribution in [1.82, 2.24) is 9.38 Å². The van der Waals surface area contributed by atoms with Crippen molar-refractivity contribution >= 4 is 21.6 Å². The van der Waals surface area contributed by atoms with Gasteiger partial charge in [0.25, 0.3) is 5.56 Å². The third-order valence-electron chi connectivity index (χ3n) is 2.33. The van der Waals surface area contributed by atoms with Gasteiger partial charge >= 0.3 is 0 Å². The minimum absolute atomic E-state index is 0.0959. The van der Waals surface area contributed by atoms with Gasteiger partial charge in [-0.2, -0.15) is 0 Å². The zero-order valence-electron chi connectivity index (χ0n) is 9.03. The third kappa shape index (κ3) is 1.82. The van der Waals surface area contributed by atoms with Gasteiger partial charge in [0, 0.05) is 22.4 Å². The van der Waals surface area contributed by atoms with Crippen molar-refractivity contribution < 1.29 is 4.74 Å². The lowest BCUT2D eigenvalue weighted by Crippen LogP contribution is -2.16. The summed E-state index contributed by atoms with van der Waals surface area (Å²) in [5.41, 5.74) is 1.22. The van der Waals surface area contributed by atoms with E-state index in [1.807, 2.05) is 6.92 Å². The molecule has 0 unspecified atom stereocenters. The standard InChI is InChI=1S/C11H11BrN2O2/c1-3-8-5-10(15)14-6-7(12)4-9(16-2)11(14)13-8/h4-6H,3H2,1-2H3. The molecule has 5 heteroatoms. The lowest BCUT2D eigenvalue weighted by molar-refractivity contribution is 0.416. The normalized spacial score (nSPS) is 10.7. The molecule has 0 spiro atoms. The molecule has 0 aliphatic rings. The molecule has 0 amide bonds. The Labute approximate surface area is 101 Å². The highest BCUT2D eigenvalue weighted by atomic mass is 79.9. The molecule has 0 aromatic carbocycles. The SMILES string of the molecule is CCc1cc(=O)n2cc(Br)cc(OC)c2n1. The highest BCUT2D eigenvalue weighted by Gasteiger charge is 2.07. The van der Waals surface area contributed by atoms with Crippen molar-refractivity contribution in [2.75, 3.05) is 7.11 Å². The average Bonchev–Trinajstić information content (AvgIpc) is 2.28. The summed E-state index contributed by atoms with van der Waals surface area (Å²) in [5, 5.41) is 0. The molecule has 0 N–H and O–H groups in total. The number of hydrogen-bond acceptors (Lipinski definition) is 3. The Morgan fingerprint density at radius 2 is 2.25 bits per heavy atom. The smallest absolute Gasteiger partial charge is 0.258 e. The first-order chi connectivity index (χ1) is 7.65. The Balaban J connectivity index is 2.89. The van der Waals surface area contributed by atoms with Crippen molar-refractivity contribution in [3.63, 3.8) is 0 Å². The van der Waals surface area contributed by atoms with Gasteiger partial charge < -0.3 is 4.74 Å². The van der Waals surface area contributed by atoms with Crippen LogP contribution in [0.4, 0.5) is 0 Å². The summed E-state index contributed by atoms with van der Waals surface area (Å²) in [7, 11) is 1.56. The molecule has 2 aromatic rings. The number of fused-ring (bicyclic) bond motifs is 1. The summed E-state index contributed by atoms with van der Waals surface area (Å²) in [5.74, 6) is 0.585. The summed E-state index contributed by atoms with van der Waals surface area (Å²) in [6, 6.07) is 3.33. The Bertz CT molecular complexity index is 592. The van der Waals surface area contributed by atoms with Crippen LogP contribution in [0.25, 0.3) is 5.65 Å². The van der Waals surface area contributed by atoms with Crippen LogP contribution >= 0.6 is 15.9 Å². The molecular formula is C11H11BrN2O2. The number of nitrogens with zero attached hydrogens (tertiary/aromatic N) is 2. The fourth-order valence-corrected chi connectivity index (χ4v) is 1.93. The van der Waals surface area contributed by atoms with E-state index in [2.05, 4.69) is 20.9 Å². The van der Waals surface area contributed by atoms with Gasteiger partial charge in [0.1, 0.15) is 0 Å². The van der Waals surface area contributed by atoms with Gasteiger partial charge in [0.15, 0.2) is 11.4 Å². The second-order valence-corrected chi connectivity index (χ2v) is 4.28. The van der Waals surface area contributed by atoms with E-state index in [0.29, 0.717) is 11.4 Å². The van der Waals surface area contributed by atoms with E-state index in [1.54, 1.807) is 25.4 Å². The highest BCUT2D eigenvalue weighted by molar-refractivity contribution is 9.10. The summed E-state index contributed by atoms with van der Waals surface area (Å²) >= 11 is 3.33. The van der Waals surface area contributed by atoms with Crippen LogP contribution in [0, 0.1) is 0 Å². The maximum atomic E-state index is 11.8. The molecule has 0 atom stereocenters. The van der Waals surface area contributed by atoms with E-state index in [-0.39, 0.29) is 5.56 Å². The maximum Gasteiger partial charge on any atom is 0.258 e.